The molecule has 0 fully saturated rings. The molecule has 2 rings (SSSR count). The maximum absolute atomic E-state index is 3.80. The van der Waals surface area contributed by atoms with Gasteiger partial charge in [0.15, 0.2) is 0 Å². The van der Waals surface area contributed by atoms with E-state index < -0.39 is 0 Å². The van der Waals surface area contributed by atoms with Crippen LogP contribution in [-0.4, -0.2) is 4.98 Å². The van der Waals surface area contributed by atoms with Crippen molar-refractivity contribution in [2.24, 2.45) is 0 Å². The predicted molar refractivity (Wildman–Crippen MR) is 67.8 cm³/mol. The minimum absolute atomic E-state index is 0. The van der Waals surface area contributed by atoms with E-state index in [1.807, 2.05) is 18.2 Å². The number of hydrogen-bond donors (Lipinski definition) is 0. The minimum atomic E-state index is 0. The smallest absolute Gasteiger partial charge is 0.394 e. The first-order chi connectivity index (χ1) is 7.93. The van der Waals surface area contributed by atoms with Gasteiger partial charge in [-0.3, -0.25) is 0 Å². The van der Waals surface area contributed by atoms with E-state index in [9.17, 15) is 0 Å². The number of hydrogen-bond acceptors (Lipinski definition) is 1. The second-order valence-corrected chi connectivity index (χ2v) is 3.40. The van der Waals surface area contributed by atoms with Crippen molar-refractivity contribution in [3.8, 4) is 0 Å². The van der Waals surface area contributed by atoms with E-state index >= 15 is 0 Å². The van der Waals surface area contributed by atoms with E-state index in [1.54, 1.807) is 12.3 Å². The zero-order valence-corrected chi connectivity index (χ0v) is 10.7. The van der Waals surface area contributed by atoms with Crippen LogP contribution in [-0.2, 0) is 23.5 Å². The van der Waals surface area contributed by atoms with Crippen LogP contribution in [0, 0.1) is 13.1 Å². The average Bonchev–Trinajstić information content (AvgIpc) is 2.40. The van der Waals surface area contributed by atoms with Crippen LogP contribution in [0.1, 0.15) is 18.4 Å². The second kappa shape index (κ2) is 11.4. The van der Waals surface area contributed by atoms with E-state index in [2.05, 4.69) is 42.4 Å². The summed E-state index contributed by atoms with van der Waals surface area (Å²) in [6.07, 6.45) is 7.74. The molecule has 1 aromatic heterocycles. The molecule has 0 atom stereocenters. The molecule has 1 nitrogen and oxygen atoms in total. The van der Waals surface area contributed by atoms with Crippen LogP contribution in [0.5, 0.6) is 0 Å². The summed E-state index contributed by atoms with van der Waals surface area (Å²) in [5.74, 6) is 0. The number of benzene rings is 1. The van der Waals surface area contributed by atoms with Crippen LogP contribution in [0.3, 0.4) is 0 Å². The van der Waals surface area contributed by atoms with Gasteiger partial charge >= 0.3 is 17.1 Å². The molecule has 2 aromatic rings. The summed E-state index contributed by atoms with van der Waals surface area (Å²) in [7, 11) is 0. The van der Waals surface area contributed by atoms with Crippen LogP contribution in [0.15, 0.2) is 54.7 Å². The van der Waals surface area contributed by atoms with E-state index in [1.165, 1.54) is 18.4 Å². The topological polar surface area (TPSA) is 12.9 Å². The molecular formula is C15H17CuN. The molecule has 0 saturated heterocycles. The maximum Gasteiger partial charge on any atom is 2.00 e. The van der Waals surface area contributed by atoms with Crippen LogP contribution < -0.4 is 0 Å². The molecule has 0 N–H and O–H groups in total. The molecule has 0 aliphatic heterocycles. The largest absolute Gasteiger partial charge is 2.00 e. The van der Waals surface area contributed by atoms with Gasteiger partial charge in [-0.2, -0.15) is 24.6 Å². The van der Waals surface area contributed by atoms with Gasteiger partial charge in [0, 0.05) is 0 Å². The molecule has 0 aliphatic rings. The van der Waals surface area contributed by atoms with Crippen molar-refractivity contribution in [1.29, 1.82) is 0 Å². The quantitative estimate of drug-likeness (QED) is 0.614. The van der Waals surface area contributed by atoms with Crippen molar-refractivity contribution in [2.75, 3.05) is 0 Å². The van der Waals surface area contributed by atoms with Crippen molar-refractivity contribution in [2.45, 2.75) is 19.3 Å². The third-order valence-electron chi connectivity index (χ3n) is 2.08. The van der Waals surface area contributed by atoms with Gasteiger partial charge in [0.05, 0.1) is 0 Å². The summed E-state index contributed by atoms with van der Waals surface area (Å²) < 4.78 is 0. The van der Waals surface area contributed by atoms with Crippen molar-refractivity contribution in [3.63, 3.8) is 0 Å². The van der Waals surface area contributed by atoms with Gasteiger partial charge in [0.2, 0.25) is 0 Å². The molecule has 0 bridgehead atoms. The monoisotopic (exact) mass is 274 g/mol. The van der Waals surface area contributed by atoms with Crippen molar-refractivity contribution < 1.29 is 17.1 Å². The molecule has 17 heavy (non-hydrogen) atoms. The number of nitrogens with zero attached hydrogens (tertiary/aromatic N) is 1. The molecule has 0 unspecified atom stereocenters. The standard InChI is InChI=1S/C10H13.C5H4N.Cu/c1-2-3-7-10-8-5-4-6-9-10;1-2-4-6-5-3-1;/h4-6,8-9H,1-3,7H2;1-4H;/q2*-1;+2. The Morgan fingerprint density at radius 3 is 2.24 bits per heavy atom. The third kappa shape index (κ3) is 8.67. The molecule has 1 radical (unpaired) electrons. The van der Waals surface area contributed by atoms with E-state index in [-0.39, 0.29) is 17.1 Å². The van der Waals surface area contributed by atoms with Crippen LogP contribution in [0.25, 0.3) is 0 Å². The Labute approximate surface area is 115 Å². The Bertz CT molecular complexity index is 321. The van der Waals surface area contributed by atoms with Gasteiger partial charge in [-0.25, -0.2) is 0 Å². The minimum Gasteiger partial charge on any atom is -0.394 e. The van der Waals surface area contributed by atoms with Gasteiger partial charge < -0.3 is 11.9 Å². The van der Waals surface area contributed by atoms with Crippen LogP contribution in [0.4, 0.5) is 0 Å². The van der Waals surface area contributed by atoms with E-state index in [4.69, 9.17) is 0 Å². The normalized spacial score (nSPS) is 8.53. The Morgan fingerprint density at radius 1 is 1.06 bits per heavy atom. The fraction of sp³-hybridized carbons (Fsp3) is 0.200. The first-order valence-corrected chi connectivity index (χ1v) is 5.53. The van der Waals surface area contributed by atoms with Gasteiger partial charge in [0.1, 0.15) is 0 Å². The Kier molecular flexibility index (Phi) is 10.6. The van der Waals surface area contributed by atoms with E-state index in [0.29, 0.717) is 0 Å². The number of aryl methyl sites for hydroxylation is 1. The molecule has 0 aliphatic carbocycles. The predicted octanol–water partition coefficient (Wildman–Crippen LogP) is 3.72. The number of unbranched alkanes of at least 4 members (excludes halogenated alkanes) is 1. The first-order valence-electron chi connectivity index (χ1n) is 5.53. The zero-order chi connectivity index (χ0) is 11.5. The molecular weight excluding hydrogens is 258 g/mol. The summed E-state index contributed by atoms with van der Waals surface area (Å²) >= 11 is 0. The van der Waals surface area contributed by atoms with Gasteiger partial charge in [-0.05, 0) is 12.0 Å². The number of rotatable bonds is 3. The SMILES string of the molecule is [CH2-]CCCc1ccccc1.[Cu+2].[c-]1ccccn1. The van der Waals surface area contributed by atoms with Crippen molar-refractivity contribution in [1.82, 2.24) is 4.98 Å². The molecule has 93 valence electrons. The number of aromatic nitrogens is 1. The maximum atomic E-state index is 3.80. The summed E-state index contributed by atoms with van der Waals surface area (Å²) in [6.45, 7) is 3.80. The van der Waals surface area contributed by atoms with Crippen molar-refractivity contribution in [3.05, 3.63) is 73.4 Å². The molecule has 2 heteroatoms. The van der Waals surface area contributed by atoms with Gasteiger partial charge in [-0.1, -0.05) is 49.1 Å². The summed E-state index contributed by atoms with van der Waals surface area (Å²) in [4.78, 5) is 3.66. The molecule has 0 saturated carbocycles. The van der Waals surface area contributed by atoms with Crippen LogP contribution in [0.2, 0.25) is 0 Å². The fourth-order valence-corrected chi connectivity index (χ4v) is 1.25. The summed E-state index contributed by atoms with van der Waals surface area (Å²) in [6, 6.07) is 16.0. The third-order valence-corrected chi connectivity index (χ3v) is 2.08. The van der Waals surface area contributed by atoms with Gasteiger partial charge in [-0.15, -0.1) is 0 Å². The fourth-order valence-electron chi connectivity index (χ4n) is 1.25. The second-order valence-electron chi connectivity index (χ2n) is 3.40. The van der Waals surface area contributed by atoms with E-state index in [0.717, 1.165) is 6.42 Å². The first kappa shape index (κ1) is 15.9. The Morgan fingerprint density at radius 2 is 1.82 bits per heavy atom. The van der Waals surface area contributed by atoms with Gasteiger partial charge in [0.25, 0.3) is 0 Å². The van der Waals surface area contributed by atoms with Crippen molar-refractivity contribution >= 4 is 0 Å². The molecule has 1 heterocycles. The summed E-state index contributed by atoms with van der Waals surface area (Å²) in [5.41, 5.74) is 1.42. The molecule has 0 spiro atoms. The average molecular weight is 275 g/mol. The Hall–Kier alpha value is -1.11. The Balaban J connectivity index is 0.000000316. The zero-order valence-electron chi connectivity index (χ0n) is 9.77. The number of pyridine rings is 1. The molecule has 0 amide bonds. The summed E-state index contributed by atoms with van der Waals surface area (Å²) in [5, 5.41) is 0. The van der Waals surface area contributed by atoms with Crippen LogP contribution >= 0.6 is 0 Å². The molecule has 1 aromatic carbocycles.